The lowest BCUT2D eigenvalue weighted by molar-refractivity contribution is -0.0739. The maximum absolute atomic E-state index is 12.6. The lowest BCUT2D eigenvalue weighted by Crippen LogP contribution is -2.50. The Morgan fingerprint density at radius 2 is 1.88 bits per heavy atom. The molecule has 1 aliphatic rings. The van der Waals surface area contributed by atoms with Crippen LogP contribution in [0.3, 0.4) is 0 Å². The van der Waals surface area contributed by atoms with Crippen LogP contribution in [0.15, 0.2) is 9.05 Å². The standard InChI is InChI=1S/C17H23N3O5/c1-9-13(11(3)24-19-9)7-23-15-8-22-6-5-14(15)18-17(21)16-10(2)20-25-12(16)4/h14-15H,5-8H2,1-4H3,(H,18,21). The first-order valence-electron chi connectivity index (χ1n) is 8.32. The van der Waals surface area contributed by atoms with Gasteiger partial charge >= 0.3 is 0 Å². The molecule has 1 saturated heterocycles. The van der Waals surface area contributed by atoms with Crippen molar-refractivity contribution < 1.29 is 23.3 Å². The van der Waals surface area contributed by atoms with Gasteiger partial charge in [-0.25, -0.2) is 0 Å². The van der Waals surface area contributed by atoms with Crippen LogP contribution in [0.1, 0.15) is 45.3 Å². The Morgan fingerprint density at radius 1 is 1.16 bits per heavy atom. The quantitative estimate of drug-likeness (QED) is 0.881. The number of carbonyl (C=O) groups excluding carboxylic acids is 1. The Balaban J connectivity index is 1.66. The van der Waals surface area contributed by atoms with Crippen LogP contribution in [-0.4, -0.2) is 41.6 Å². The van der Waals surface area contributed by atoms with Crippen LogP contribution in [0.25, 0.3) is 0 Å². The molecular weight excluding hydrogens is 326 g/mol. The minimum absolute atomic E-state index is 0.143. The van der Waals surface area contributed by atoms with Crippen molar-refractivity contribution >= 4 is 5.91 Å². The van der Waals surface area contributed by atoms with Gasteiger partial charge < -0.3 is 23.8 Å². The van der Waals surface area contributed by atoms with E-state index in [-0.39, 0.29) is 18.1 Å². The van der Waals surface area contributed by atoms with Gasteiger partial charge in [-0.15, -0.1) is 0 Å². The molecule has 1 fully saturated rings. The topological polar surface area (TPSA) is 99.6 Å². The largest absolute Gasteiger partial charge is 0.379 e. The van der Waals surface area contributed by atoms with Gasteiger partial charge in [0.25, 0.3) is 5.91 Å². The highest BCUT2D eigenvalue weighted by atomic mass is 16.5. The Kier molecular flexibility index (Phi) is 5.19. The van der Waals surface area contributed by atoms with E-state index < -0.39 is 0 Å². The van der Waals surface area contributed by atoms with Gasteiger partial charge in [-0.2, -0.15) is 0 Å². The van der Waals surface area contributed by atoms with Gasteiger partial charge in [-0.3, -0.25) is 4.79 Å². The molecule has 0 saturated carbocycles. The van der Waals surface area contributed by atoms with Crippen LogP contribution in [0.4, 0.5) is 0 Å². The average molecular weight is 349 g/mol. The molecule has 3 heterocycles. The number of hydrogen-bond donors (Lipinski definition) is 1. The summed E-state index contributed by atoms with van der Waals surface area (Å²) in [5.41, 5.74) is 2.80. The van der Waals surface area contributed by atoms with Crippen molar-refractivity contribution in [1.29, 1.82) is 0 Å². The third-order valence-corrected chi connectivity index (χ3v) is 4.50. The minimum Gasteiger partial charge on any atom is -0.379 e. The van der Waals surface area contributed by atoms with Gasteiger partial charge in [-0.05, 0) is 34.1 Å². The summed E-state index contributed by atoms with van der Waals surface area (Å²) in [5.74, 6) is 1.05. The van der Waals surface area contributed by atoms with Gasteiger partial charge in [0.2, 0.25) is 0 Å². The van der Waals surface area contributed by atoms with E-state index in [0.29, 0.717) is 43.3 Å². The van der Waals surface area contributed by atoms with E-state index in [1.54, 1.807) is 13.8 Å². The van der Waals surface area contributed by atoms with E-state index in [2.05, 4.69) is 15.6 Å². The van der Waals surface area contributed by atoms with Crippen LogP contribution < -0.4 is 5.32 Å². The summed E-state index contributed by atoms with van der Waals surface area (Å²) >= 11 is 0. The van der Waals surface area contributed by atoms with Gasteiger partial charge in [0.05, 0.1) is 30.6 Å². The number of ether oxygens (including phenoxy) is 2. The second-order valence-corrected chi connectivity index (χ2v) is 6.29. The first kappa shape index (κ1) is 17.6. The highest BCUT2D eigenvalue weighted by Crippen LogP contribution is 2.19. The number of rotatable bonds is 5. The molecule has 136 valence electrons. The van der Waals surface area contributed by atoms with Crippen molar-refractivity contribution in [3.05, 3.63) is 34.0 Å². The monoisotopic (exact) mass is 349 g/mol. The van der Waals surface area contributed by atoms with Gasteiger partial charge in [-0.1, -0.05) is 10.3 Å². The Labute approximate surface area is 145 Å². The maximum atomic E-state index is 12.6. The fourth-order valence-corrected chi connectivity index (χ4v) is 2.99. The predicted octanol–water partition coefficient (Wildman–Crippen LogP) is 2.00. The number of aryl methyl sites for hydroxylation is 4. The first-order valence-corrected chi connectivity index (χ1v) is 8.32. The number of aromatic nitrogens is 2. The van der Waals surface area contributed by atoms with E-state index in [4.69, 9.17) is 18.5 Å². The predicted molar refractivity (Wildman–Crippen MR) is 87.2 cm³/mol. The molecular formula is C17H23N3O5. The van der Waals surface area contributed by atoms with Gasteiger partial charge in [0.15, 0.2) is 0 Å². The first-order chi connectivity index (χ1) is 12.0. The average Bonchev–Trinajstić information content (AvgIpc) is 3.08. The number of amides is 1. The van der Waals surface area contributed by atoms with E-state index >= 15 is 0 Å². The maximum Gasteiger partial charge on any atom is 0.257 e. The van der Waals surface area contributed by atoms with Crippen molar-refractivity contribution in [2.45, 2.75) is 52.9 Å². The highest BCUT2D eigenvalue weighted by Gasteiger charge is 2.30. The van der Waals surface area contributed by atoms with Crippen molar-refractivity contribution in [2.75, 3.05) is 13.2 Å². The highest BCUT2D eigenvalue weighted by molar-refractivity contribution is 5.96. The summed E-state index contributed by atoms with van der Waals surface area (Å²) < 4.78 is 21.7. The van der Waals surface area contributed by atoms with E-state index in [9.17, 15) is 4.79 Å². The summed E-state index contributed by atoms with van der Waals surface area (Å²) in [6.45, 7) is 8.59. The molecule has 1 amide bonds. The Bertz CT molecular complexity index is 713. The summed E-state index contributed by atoms with van der Waals surface area (Å²) in [7, 11) is 0. The molecule has 2 aromatic heterocycles. The molecule has 0 aromatic carbocycles. The molecule has 0 radical (unpaired) electrons. The fraction of sp³-hybridized carbons (Fsp3) is 0.588. The van der Waals surface area contributed by atoms with E-state index in [1.165, 1.54) is 0 Å². The molecule has 2 atom stereocenters. The van der Waals surface area contributed by atoms with Crippen molar-refractivity contribution in [2.24, 2.45) is 0 Å². The summed E-state index contributed by atoms with van der Waals surface area (Å²) in [4.78, 5) is 12.6. The lowest BCUT2D eigenvalue weighted by atomic mass is 10.0. The van der Waals surface area contributed by atoms with E-state index in [0.717, 1.165) is 17.0 Å². The number of nitrogens with zero attached hydrogens (tertiary/aromatic N) is 2. The zero-order valence-electron chi connectivity index (χ0n) is 14.9. The van der Waals surface area contributed by atoms with E-state index in [1.807, 2.05) is 13.8 Å². The molecule has 0 bridgehead atoms. The Morgan fingerprint density at radius 3 is 2.52 bits per heavy atom. The Hall–Kier alpha value is -2.19. The second kappa shape index (κ2) is 7.37. The summed E-state index contributed by atoms with van der Waals surface area (Å²) in [6, 6.07) is -0.143. The smallest absolute Gasteiger partial charge is 0.257 e. The molecule has 0 aliphatic carbocycles. The second-order valence-electron chi connectivity index (χ2n) is 6.29. The van der Waals surface area contributed by atoms with Crippen LogP contribution in [0.2, 0.25) is 0 Å². The van der Waals surface area contributed by atoms with Crippen LogP contribution >= 0.6 is 0 Å². The van der Waals surface area contributed by atoms with Crippen LogP contribution in [0.5, 0.6) is 0 Å². The summed E-state index contributed by atoms with van der Waals surface area (Å²) in [5, 5.41) is 10.8. The normalized spacial score (nSPS) is 20.6. The molecule has 1 N–H and O–H groups in total. The third-order valence-electron chi connectivity index (χ3n) is 4.50. The van der Waals surface area contributed by atoms with Crippen molar-refractivity contribution in [1.82, 2.24) is 15.6 Å². The molecule has 3 rings (SSSR count). The van der Waals surface area contributed by atoms with Gasteiger partial charge in [0.1, 0.15) is 23.2 Å². The third kappa shape index (κ3) is 3.74. The molecule has 1 aliphatic heterocycles. The van der Waals surface area contributed by atoms with Gasteiger partial charge in [0, 0.05) is 12.2 Å². The van der Waals surface area contributed by atoms with Crippen LogP contribution in [-0.2, 0) is 16.1 Å². The minimum atomic E-state index is -0.244. The molecule has 2 unspecified atom stereocenters. The number of carbonyl (C=O) groups is 1. The lowest BCUT2D eigenvalue weighted by Gasteiger charge is -2.32. The number of hydrogen-bond acceptors (Lipinski definition) is 7. The zero-order valence-corrected chi connectivity index (χ0v) is 14.9. The molecule has 2 aromatic rings. The van der Waals surface area contributed by atoms with Crippen molar-refractivity contribution in [3.63, 3.8) is 0 Å². The van der Waals surface area contributed by atoms with Crippen molar-refractivity contribution in [3.8, 4) is 0 Å². The number of nitrogens with one attached hydrogen (secondary N) is 1. The molecule has 8 nitrogen and oxygen atoms in total. The molecule has 8 heteroatoms. The molecule has 0 spiro atoms. The fourth-order valence-electron chi connectivity index (χ4n) is 2.99. The summed E-state index contributed by atoms with van der Waals surface area (Å²) in [6.07, 6.45) is 0.438. The SMILES string of the molecule is Cc1noc(C)c1COC1COCCC1NC(=O)c1c(C)noc1C. The zero-order chi connectivity index (χ0) is 18.0. The molecule has 25 heavy (non-hydrogen) atoms. The van der Waals surface area contributed by atoms with Crippen LogP contribution in [0, 0.1) is 27.7 Å².